The Morgan fingerprint density at radius 3 is 2.57 bits per heavy atom. The minimum absolute atomic E-state index is 0.0150. The standard InChI is InChI=1S/C17H14ClIO2/c1-17(2)9-21-15-6-4-10(7-12(15)17)16(20)11-3-5-14(19)13(18)8-11/h3-8H,9H2,1-2H3. The van der Waals surface area contributed by atoms with Gasteiger partial charge in [-0.05, 0) is 59.0 Å². The summed E-state index contributed by atoms with van der Waals surface area (Å²) in [5, 5.41) is 0.603. The van der Waals surface area contributed by atoms with Crippen molar-refractivity contribution in [3.63, 3.8) is 0 Å². The van der Waals surface area contributed by atoms with E-state index in [-0.39, 0.29) is 11.2 Å². The molecule has 0 atom stereocenters. The van der Waals surface area contributed by atoms with Gasteiger partial charge >= 0.3 is 0 Å². The van der Waals surface area contributed by atoms with Crippen molar-refractivity contribution in [2.24, 2.45) is 0 Å². The van der Waals surface area contributed by atoms with Crippen molar-refractivity contribution in [3.05, 3.63) is 61.7 Å². The van der Waals surface area contributed by atoms with Crippen molar-refractivity contribution in [1.29, 1.82) is 0 Å². The summed E-state index contributed by atoms with van der Waals surface area (Å²) in [6.45, 7) is 4.89. The molecule has 0 fully saturated rings. The lowest BCUT2D eigenvalue weighted by atomic mass is 9.85. The summed E-state index contributed by atoms with van der Waals surface area (Å²) in [5.41, 5.74) is 2.31. The first kappa shape index (κ1) is 14.9. The zero-order valence-corrected chi connectivity index (χ0v) is 14.7. The van der Waals surface area contributed by atoms with Gasteiger partial charge in [0.15, 0.2) is 5.78 Å². The van der Waals surface area contributed by atoms with Gasteiger partial charge in [0, 0.05) is 25.7 Å². The van der Waals surface area contributed by atoms with Crippen LogP contribution in [0.3, 0.4) is 0 Å². The molecule has 0 spiro atoms. The smallest absolute Gasteiger partial charge is 0.193 e. The second kappa shape index (κ2) is 5.29. The zero-order chi connectivity index (χ0) is 15.2. The Labute approximate surface area is 142 Å². The van der Waals surface area contributed by atoms with E-state index in [0.717, 1.165) is 14.9 Å². The summed E-state index contributed by atoms with van der Waals surface area (Å²) >= 11 is 8.25. The quantitative estimate of drug-likeness (QED) is 0.521. The van der Waals surface area contributed by atoms with E-state index in [1.165, 1.54) is 0 Å². The maximum absolute atomic E-state index is 12.6. The number of hydrogen-bond acceptors (Lipinski definition) is 2. The fraction of sp³-hybridized carbons (Fsp3) is 0.235. The summed E-state index contributed by atoms with van der Waals surface area (Å²) in [6, 6.07) is 11.0. The molecule has 21 heavy (non-hydrogen) atoms. The molecule has 108 valence electrons. The van der Waals surface area contributed by atoms with Crippen LogP contribution in [0.15, 0.2) is 36.4 Å². The normalized spacial score (nSPS) is 15.4. The molecule has 0 aliphatic carbocycles. The van der Waals surface area contributed by atoms with Gasteiger partial charge in [-0.25, -0.2) is 0 Å². The topological polar surface area (TPSA) is 26.3 Å². The maximum atomic E-state index is 12.6. The molecular formula is C17H14ClIO2. The highest BCUT2D eigenvalue weighted by Gasteiger charge is 2.32. The highest BCUT2D eigenvalue weighted by Crippen LogP contribution is 2.39. The SMILES string of the molecule is CC1(C)COc2ccc(C(=O)c3ccc(I)c(Cl)c3)cc21. The minimum atomic E-state index is -0.0602. The molecule has 2 aromatic rings. The molecule has 0 aromatic heterocycles. The number of carbonyl (C=O) groups excluding carboxylic acids is 1. The third-order valence-electron chi connectivity index (χ3n) is 3.74. The van der Waals surface area contributed by atoms with E-state index in [2.05, 4.69) is 36.4 Å². The second-order valence-electron chi connectivity index (χ2n) is 5.84. The van der Waals surface area contributed by atoms with Gasteiger partial charge in [-0.15, -0.1) is 0 Å². The largest absolute Gasteiger partial charge is 0.492 e. The summed E-state index contributed by atoms with van der Waals surface area (Å²) in [4.78, 5) is 12.6. The first-order valence-corrected chi connectivity index (χ1v) is 8.11. The summed E-state index contributed by atoms with van der Waals surface area (Å²) in [6.07, 6.45) is 0. The fourth-order valence-corrected chi connectivity index (χ4v) is 2.98. The number of benzene rings is 2. The molecule has 0 saturated carbocycles. The number of ether oxygens (including phenoxy) is 1. The van der Waals surface area contributed by atoms with E-state index in [4.69, 9.17) is 16.3 Å². The van der Waals surface area contributed by atoms with Crippen LogP contribution >= 0.6 is 34.2 Å². The number of carbonyl (C=O) groups is 1. The highest BCUT2D eigenvalue weighted by molar-refractivity contribution is 14.1. The predicted octanol–water partition coefficient (Wildman–Crippen LogP) is 4.85. The van der Waals surface area contributed by atoms with Crippen molar-refractivity contribution < 1.29 is 9.53 Å². The van der Waals surface area contributed by atoms with Crippen LogP contribution in [0.25, 0.3) is 0 Å². The molecule has 1 aliphatic heterocycles. The van der Waals surface area contributed by atoms with E-state index < -0.39 is 0 Å². The first-order chi connectivity index (χ1) is 9.88. The van der Waals surface area contributed by atoms with Gasteiger partial charge < -0.3 is 4.74 Å². The van der Waals surface area contributed by atoms with Crippen molar-refractivity contribution in [2.45, 2.75) is 19.3 Å². The van der Waals surface area contributed by atoms with Crippen molar-refractivity contribution in [2.75, 3.05) is 6.61 Å². The molecule has 0 bridgehead atoms. The van der Waals surface area contributed by atoms with Gasteiger partial charge in [0.25, 0.3) is 0 Å². The Bertz CT molecular complexity index is 738. The van der Waals surface area contributed by atoms with Crippen molar-refractivity contribution >= 4 is 40.0 Å². The van der Waals surface area contributed by atoms with Crippen LogP contribution in [0.5, 0.6) is 5.75 Å². The molecular weight excluding hydrogens is 399 g/mol. The Kier molecular flexibility index (Phi) is 3.74. The number of rotatable bonds is 2. The maximum Gasteiger partial charge on any atom is 0.193 e. The third-order valence-corrected chi connectivity index (χ3v) is 5.31. The Morgan fingerprint density at radius 1 is 1.19 bits per heavy atom. The summed E-state index contributed by atoms with van der Waals surface area (Å²) < 4.78 is 6.59. The Balaban J connectivity index is 2.01. The second-order valence-corrected chi connectivity index (χ2v) is 7.41. The Morgan fingerprint density at radius 2 is 1.86 bits per heavy atom. The van der Waals surface area contributed by atoms with Gasteiger partial charge in [0.1, 0.15) is 5.75 Å². The molecule has 0 saturated heterocycles. The van der Waals surface area contributed by atoms with Gasteiger partial charge in [0.05, 0.1) is 11.6 Å². The molecule has 0 unspecified atom stereocenters. The molecule has 2 nitrogen and oxygen atoms in total. The lowest BCUT2D eigenvalue weighted by Gasteiger charge is -2.15. The van der Waals surface area contributed by atoms with Crippen LogP contribution in [0.2, 0.25) is 5.02 Å². The third kappa shape index (κ3) is 2.69. The number of hydrogen-bond donors (Lipinski definition) is 0. The monoisotopic (exact) mass is 412 g/mol. The number of fused-ring (bicyclic) bond motifs is 1. The Hall–Kier alpha value is -1.07. The van der Waals surface area contributed by atoms with Gasteiger partial charge in [-0.3, -0.25) is 4.79 Å². The number of ketones is 1. The predicted molar refractivity (Wildman–Crippen MR) is 92.6 cm³/mol. The fourth-order valence-electron chi connectivity index (χ4n) is 2.47. The van der Waals surface area contributed by atoms with Crippen LogP contribution in [0.1, 0.15) is 35.3 Å². The molecule has 1 aliphatic rings. The highest BCUT2D eigenvalue weighted by atomic mass is 127. The van der Waals surface area contributed by atoms with Gasteiger partial charge in [-0.1, -0.05) is 25.4 Å². The minimum Gasteiger partial charge on any atom is -0.492 e. The van der Waals surface area contributed by atoms with E-state index in [9.17, 15) is 4.79 Å². The molecule has 2 aromatic carbocycles. The molecule has 0 amide bonds. The lowest BCUT2D eigenvalue weighted by Crippen LogP contribution is -2.18. The van der Waals surface area contributed by atoms with Crippen LogP contribution in [-0.4, -0.2) is 12.4 Å². The van der Waals surface area contributed by atoms with Gasteiger partial charge in [-0.2, -0.15) is 0 Å². The molecule has 1 heterocycles. The number of halogens is 2. The first-order valence-electron chi connectivity index (χ1n) is 6.65. The average molecular weight is 413 g/mol. The van der Waals surface area contributed by atoms with Crippen LogP contribution in [0.4, 0.5) is 0 Å². The van der Waals surface area contributed by atoms with E-state index >= 15 is 0 Å². The average Bonchev–Trinajstić information content (AvgIpc) is 2.76. The van der Waals surface area contributed by atoms with Gasteiger partial charge in [0.2, 0.25) is 0 Å². The molecule has 4 heteroatoms. The van der Waals surface area contributed by atoms with Crippen LogP contribution in [-0.2, 0) is 5.41 Å². The summed E-state index contributed by atoms with van der Waals surface area (Å²) in [5.74, 6) is 0.857. The lowest BCUT2D eigenvalue weighted by molar-refractivity contribution is 0.103. The van der Waals surface area contributed by atoms with E-state index in [1.807, 2.05) is 30.3 Å². The molecule has 0 radical (unpaired) electrons. The van der Waals surface area contributed by atoms with Crippen LogP contribution < -0.4 is 4.74 Å². The van der Waals surface area contributed by atoms with Crippen molar-refractivity contribution in [3.8, 4) is 5.75 Å². The van der Waals surface area contributed by atoms with Crippen molar-refractivity contribution in [1.82, 2.24) is 0 Å². The summed E-state index contributed by atoms with van der Waals surface area (Å²) in [7, 11) is 0. The molecule has 3 rings (SSSR count). The van der Waals surface area contributed by atoms with Crippen LogP contribution in [0, 0.1) is 3.57 Å². The van der Waals surface area contributed by atoms with E-state index in [0.29, 0.717) is 22.8 Å². The molecule has 0 N–H and O–H groups in total. The zero-order valence-electron chi connectivity index (χ0n) is 11.7. The van der Waals surface area contributed by atoms with E-state index in [1.54, 1.807) is 6.07 Å².